The third kappa shape index (κ3) is 60.7. The molecule has 0 saturated carbocycles. The first-order valence-electron chi connectivity index (χ1n) is 34.5. The number of rotatable bonds is 65. The Labute approximate surface area is 517 Å². The highest BCUT2D eigenvalue weighted by atomic mass is 31.2. The molecule has 0 aliphatic heterocycles. The number of ether oxygens (including phenoxy) is 4. The highest BCUT2D eigenvalue weighted by Gasteiger charge is 2.30. The first kappa shape index (κ1) is 83.1. The number of carbonyl (C=O) groups excluding carboxylic acids is 4. The molecule has 0 bridgehead atoms. The van der Waals surface area contributed by atoms with Crippen molar-refractivity contribution in [2.45, 2.75) is 349 Å². The Morgan fingerprint density at radius 2 is 0.541 bits per heavy atom. The lowest BCUT2D eigenvalue weighted by Gasteiger charge is -2.21. The molecule has 0 aliphatic rings. The van der Waals surface area contributed by atoms with E-state index in [1.54, 1.807) is 0 Å². The van der Waals surface area contributed by atoms with Gasteiger partial charge in [0.05, 0.1) is 26.4 Å². The molecule has 0 aromatic carbocycles. The second-order valence-electron chi connectivity index (χ2n) is 24.8. The van der Waals surface area contributed by atoms with E-state index in [4.69, 9.17) is 37.0 Å². The summed E-state index contributed by atoms with van der Waals surface area (Å²) in [7, 11) is -9.89. The number of hydrogen-bond acceptors (Lipinski definition) is 15. The van der Waals surface area contributed by atoms with Crippen LogP contribution in [-0.4, -0.2) is 96.7 Å². The van der Waals surface area contributed by atoms with E-state index in [1.165, 1.54) is 141 Å². The van der Waals surface area contributed by atoms with E-state index in [-0.39, 0.29) is 25.7 Å². The van der Waals surface area contributed by atoms with E-state index < -0.39 is 97.5 Å². The molecule has 0 aromatic heterocycles. The Bertz CT molecular complexity index is 1670. The monoisotopic (exact) mass is 1250 g/mol. The molecule has 85 heavy (non-hydrogen) atoms. The lowest BCUT2D eigenvalue weighted by molar-refractivity contribution is -0.161. The second-order valence-corrected chi connectivity index (χ2v) is 27.7. The molecular formula is C66H128O17P2. The Morgan fingerprint density at radius 3 is 0.800 bits per heavy atom. The van der Waals surface area contributed by atoms with Crippen LogP contribution in [0, 0.1) is 11.8 Å². The van der Waals surface area contributed by atoms with Crippen LogP contribution in [0.3, 0.4) is 0 Å². The summed E-state index contributed by atoms with van der Waals surface area (Å²) in [6, 6.07) is 0. The van der Waals surface area contributed by atoms with Crippen molar-refractivity contribution in [3.63, 3.8) is 0 Å². The zero-order valence-electron chi connectivity index (χ0n) is 54.9. The molecule has 0 spiro atoms. The number of phosphoric ester groups is 2. The highest BCUT2D eigenvalue weighted by molar-refractivity contribution is 7.47. The third-order valence-electron chi connectivity index (χ3n) is 15.2. The molecule has 19 heteroatoms. The van der Waals surface area contributed by atoms with Gasteiger partial charge in [-0.3, -0.25) is 37.3 Å². The van der Waals surface area contributed by atoms with Crippen LogP contribution in [0.4, 0.5) is 0 Å². The van der Waals surface area contributed by atoms with Gasteiger partial charge in [-0.1, -0.05) is 279 Å². The van der Waals surface area contributed by atoms with Gasteiger partial charge in [0.2, 0.25) is 0 Å². The molecule has 2 unspecified atom stereocenters. The molecule has 0 aromatic rings. The van der Waals surface area contributed by atoms with Gasteiger partial charge in [-0.2, -0.15) is 0 Å². The Morgan fingerprint density at radius 1 is 0.318 bits per heavy atom. The largest absolute Gasteiger partial charge is 0.472 e. The van der Waals surface area contributed by atoms with E-state index in [0.717, 1.165) is 102 Å². The van der Waals surface area contributed by atoms with Gasteiger partial charge >= 0.3 is 39.5 Å². The average molecular weight is 1260 g/mol. The molecule has 0 aliphatic carbocycles. The minimum Gasteiger partial charge on any atom is -0.462 e. The number of carbonyl (C=O) groups is 4. The van der Waals surface area contributed by atoms with E-state index in [2.05, 4.69) is 41.5 Å². The van der Waals surface area contributed by atoms with Crippen LogP contribution in [0.25, 0.3) is 0 Å². The molecular weight excluding hydrogens is 1130 g/mol. The van der Waals surface area contributed by atoms with Gasteiger partial charge in [0.15, 0.2) is 12.2 Å². The first-order valence-corrected chi connectivity index (χ1v) is 37.5. The van der Waals surface area contributed by atoms with Crippen molar-refractivity contribution in [1.82, 2.24) is 0 Å². The van der Waals surface area contributed by atoms with Crippen molar-refractivity contribution >= 4 is 39.5 Å². The third-order valence-corrected chi connectivity index (χ3v) is 17.1. The summed E-state index contributed by atoms with van der Waals surface area (Å²) in [5.41, 5.74) is 0. The highest BCUT2D eigenvalue weighted by Crippen LogP contribution is 2.45. The molecule has 0 radical (unpaired) electrons. The molecule has 0 fully saturated rings. The van der Waals surface area contributed by atoms with Crippen molar-refractivity contribution in [1.29, 1.82) is 0 Å². The summed E-state index contributed by atoms with van der Waals surface area (Å²) in [6.07, 6.45) is 41.8. The molecule has 0 amide bonds. The predicted molar refractivity (Wildman–Crippen MR) is 340 cm³/mol. The van der Waals surface area contributed by atoms with Crippen LogP contribution < -0.4 is 0 Å². The smallest absolute Gasteiger partial charge is 0.462 e. The van der Waals surface area contributed by atoms with Gasteiger partial charge in [-0.25, -0.2) is 9.13 Å². The van der Waals surface area contributed by atoms with Crippen molar-refractivity contribution in [3.05, 3.63) is 0 Å². The Hall–Kier alpha value is -1.94. The van der Waals surface area contributed by atoms with E-state index in [9.17, 15) is 43.2 Å². The summed E-state index contributed by atoms with van der Waals surface area (Å²) < 4.78 is 68.0. The molecule has 0 heterocycles. The van der Waals surface area contributed by atoms with Crippen molar-refractivity contribution < 1.29 is 80.2 Å². The zero-order valence-corrected chi connectivity index (χ0v) is 56.7. The number of phosphoric acid groups is 2. The van der Waals surface area contributed by atoms with Gasteiger partial charge in [0.1, 0.15) is 19.3 Å². The fourth-order valence-corrected chi connectivity index (χ4v) is 11.5. The summed E-state index contributed by atoms with van der Waals surface area (Å²) >= 11 is 0. The van der Waals surface area contributed by atoms with Crippen LogP contribution in [0.1, 0.15) is 330 Å². The topological polar surface area (TPSA) is 237 Å². The summed E-state index contributed by atoms with van der Waals surface area (Å²) in [4.78, 5) is 72.3. The minimum absolute atomic E-state index is 0.105. The van der Waals surface area contributed by atoms with Gasteiger partial charge < -0.3 is 33.8 Å². The van der Waals surface area contributed by atoms with Gasteiger partial charge in [0.25, 0.3) is 0 Å². The number of unbranched alkanes of at least 4 members (excludes halogenated alkanes) is 35. The summed E-state index contributed by atoms with van der Waals surface area (Å²) in [6.45, 7) is 9.39. The van der Waals surface area contributed by atoms with E-state index in [0.29, 0.717) is 31.6 Å². The predicted octanol–water partition coefficient (Wildman–Crippen LogP) is 18.4. The fraction of sp³-hybridized carbons (Fsp3) is 0.939. The van der Waals surface area contributed by atoms with Crippen molar-refractivity contribution in [2.24, 2.45) is 11.8 Å². The molecule has 0 saturated heterocycles. The van der Waals surface area contributed by atoms with Crippen LogP contribution in [0.5, 0.6) is 0 Å². The fourth-order valence-electron chi connectivity index (χ4n) is 9.88. The van der Waals surface area contributed by atoms with Crippen molar-refractivity contribution in [3.8, 4) is 0 Å². The molecule has 5 atom stereocenters. The van der Waals surface area contributed by atoms with E-state index in [1.807, 2.05) is 0 Å². The van der Waals surface area contributed by atoms with Crippen LogP contribution in [0.15, 0.2) is 0 Å². The van der Waals surface area contributed by atoms with Crippen molar-refractivity contribution in [2.75, 3.05) is 39.6 Å². The number of hydrogen-bond donors (Lipinski definition) is 3. The Balaban J connectivity index is 5.23. The van der Waals surface area contributed by atoms with Crippen LogP contribution in [-0.2, 0) is 65.4 Å². The summed E-state index contributed by atoms with van der Waals surface area (Å²) in [5, 5.41) is 10.5. The maximum absolute atomic E-state index is 13.0. The van der Waals surface area contributed by atoms with E-state index >= 15 is 0 Å². The Kier molecular flexibility index (Phi) is 57.1. The standard InChI is InChI=1S/C66H128O17P2/c1-7-9-11-13-15-17-19-20-21-22-23-25-31-39-45-51-66(71)82-61(54-76-63(68)48-42-36-29-27-26-28-34-40-46-58(3)4)56-80-84(72,73)78-52-60(67)53-79-85(74,75)81-57-62(55-77-64(69)49-43-37-33-32-35-41-47-59(5)6)83-65(70)50-44-38-30-24-18-16-14-12-10-8-2/h58-62,67H,7-57H2,1-6H3,(H,72,73)(H,74,75)/t60-,61-,62-/m1/s1. The molecule has 17 nitrogen and oxygen atoms in total. The average Bonchev–Trinajstić information content (AvgIpc) is 3.48. The molecule has 0 rings (SSSR count). The maximum atomic E-state index is 13.0. The lowest BCUT2D eigenvalue weighted by atomic mass is 10.0. The van der Waals surface area contributed by atoms with Gasteiger partial charge in [-0.15, -0.1) is 0 Å². The van der Waals surface area contributed by atoms with Gasteiger partial charge in [0, 0.05) is 25.7 Å². The minimum atomic E-state index is -4.95. The van der Waals surface area contributed by atoms with Gasteiger partial charge in [-0.05, 0) is 37.5 Å². The zero-order chi connectivity index (χ0) is 62.9. The first-order chi connectivity index (χ1) is 40.9. The maximum Gasteiger partial charge on any atom is 0.472 e. The normalized spacial score (nSPS) is 14.2. The lowest BCUT2D eigenvalue weighted by Crippen LogP contribution is -2.30. The SMILES string of the molecule is CCCCCCCCCCCCCCCCCC(=O)O[C@H](COC(=O)CCCCCCCCCCC(C)C)COP(=O)(O)OC[C@@H](O)COP(=O)(O)OC[C@@H](COC(=O)CCCCCCCCC(C)C)OC(=O)CCCCCCCCCCCC. The molecule has 3 N–H and O–H groups in total. The number of aliphatic hydroxyl groups is 1. The second kappa shape index (κ2) is 58.4. The molecule has 504 valence electrons. The summed E-state index contributed by atoms with van der Waals surface area (Å²) in [5.74, 6) is -0.726. The number of aliphatic hydroxyl groups excluding tert-OH is 1. The van der Waals surface area contributed by atoms with Crippen LogP contribution >= 0.6 is 15.6 Å². The van der Waals surface area contributed by atoms with Crippen LogP contribution in [0.2, 0.25) is 0 Å². The number of esters is 4. The quantitative estimate of drug-likeness (QED) is 0.0222.